The van der Waals surface area contributed by atoms with Gasteiger partial charge in [-0.2, -0.15) is 0 Å². The third kappa shape index (κ3) is 0.696. The van der Waals surface area contributed by atoms with E-state index < -0.39 is 0 Å². The summed E-state index contributed by atoms with van der Waals surface area (Å²) in [6, 6.07) is 0. The molecule has 0 unspecified atom stereocenters. The first-order valence-electron chi connectivity index (χ1n) is 1.81. The molecule has 4 heteroatoms. The van der Waals surface area contributed by atoms with Crippen LogP contribution in [0.5, 0.6) is 0 Å². The van der Waals surface area contributed by atoms with Gasteiger partial charge in [-0.25, -0.2) is 4.57 Å². The molecule has 0 saturated carbocycles. The molecule has 40 valence electrons. The van der Waals surface area contributed by atoms with Gasteiger partial charge in [-0.3, -0.25) is 9.59 Å². The molecule has 1 rings (SSSR count). The SMILES string of the molecule is O=[C]n1[c]csc1=O. The normalized spacial score (nSPS) is 9.00. The minimum Gasteiger partial charge on any atom is -0.262 e. The van der Waals surface area contributed by atoms with Crippen molar-refractivity contribution in [2.75, 3.05) is 0 Å². The molecule has 0 bridgehead atoms. The van der Waals surface area contributed by atoms with Gasteiger partial charge >= 0.3 is 11.3 Å². The lowest BCUT2D eigenvalue weighted by molar-refractivity contribution is 0.546. The first-order valence-corrected chi connectivity index (χ1v) is 2.69. The number of aromatic nitrogens is 1. The van der Waals surface area contributed by atoms with Gasteiger partial charge in [0.05, 0.1) is 6.20 Å². The second kappa shape index (κ2) is 1.92. The molecule has 8 heavy (non-hydrogen) atoms. The van der Waals surface area contributed by atoms with Crippen LogP contribution in [-0.2, 0) is 4.79 Å². The van der Waals surface area contributed by atoms with Crippen LogP contribution in [0.3, 0.4) is 0 Å². The molecule has 2 radical (unpaired) electrons. The predicted molar refractivity (Wildman–Crippen MR) is 28.5 cm³/mol. The summed E-state index contributed by atoms with van der Waals surface area (Å²) in [7, 11) is 0. The molecule has 1 aromatic heterocycles. The Labute approximate surface area is 49.2 Å². The second-order valence-electron chi connectivity index (χ2n) is 1.06. The summed E-state index contributed by atoms with van der Waals surface area (Å²) in [6.45, 7) is 0. The molecule has 0 atom stereocenters. The summed E-state index contributed by atoms with van der Waals surface area (Å²) in [5, 5.41) is 1.41. The standard InChI is InChI=1S/C4HNO2S/c6-3-5-1-2-8-4(5)7/h2H. The summed E-state index contributed by atoms with van der Waals surface area (Å²) >= 11 is 0.918. The van der Waals surface area contributed by atoms with E-state index in [0.717, 1.165) is 15.9 Å². The van der Waals surface area contributed by atoms with Crippen LogP contribution in [0, 0.1) is 6.20 Å². The van der Waals surface area contributed by atoms with Crippen LogP contribution in [0.25, 0.3) is 0 Å². The topological polar surface area (TPSA) is 39.1 Å². The number of thiazole rings is 1. The van der Waals surface area contributed by atoms with E-state index in [9.17, 15) is 9.59 Å². The number of nitrogens with zero attached hydrogens (tertiary/aromatic N) is 1. The summed E-state index contributed by atoms with van der Waals surface area (Å²) in [5.41, 5.74) is 0. The van der Waals surface area contributed by atoms with Gasteiger partial charge in [0, 0.05) is 5.38 Å². The van der Waals surface area contributed by atoms with Crippen molar-refractivity contribution in [2.45, 2.75) is 0 Å². The molecular formula is C4HNO2S. The van der Waals surface area contributed by atoms with Crippen LogP contribution in [0.2, 0.25) is 0 Å². The minimum absolute atomic E-state index is 0.347. The van der Waals surface area contributed by atoms with Crippen LogP contribution in [0.15, 0.2) is 10.2 Å². The molecule has 0 amide bonds. The maximum absolute atomic E-state index is 10.3. The molecule has 0 aromatic carbocycles. The van der Waals surface area contributed by atoms with E-state index in [4.69, 9.17) is 0 Å². The number of carbonyl (C=O) groups excluding carboxylic acids is 1. The molecule has 0 aliphatic rings. The van der Waals surface area contributed by atoms with Gasteiger partial charge in [0.1, 0.15) is 0 Å². The highest BCUT2D eigenvalue weighted by molar-refractivity contribution is 7.07. The van der Waals surface area contributed by atoms with E-state index in [2.05, 4.69) is 6.20 Å². The van der Waals surface area contributed by atoms with E-state index in [1.165, 1.54) is 11.8 Å². The number of hydrogen-bond donors (Lipinski definition) is 0. The van der Waals surface area contributed by atoms with E-state index in [-0.39, 0.29) is 4.87 Å². The third-order valence-corrected chi connectivity index (χ3v) is 1.22. The zero-order valence-corrected chi connectivity index (χ0v) is 4.57. The predicted octanol–water partition coefficient (Wildman–Crippen LogP) is -0.375. The van der Waals surface area contributed by atoms with Gasteiger partial charge in [-0.1, -0.05) is 11.3 Å². The maximum Gasteiger partial charge on any atom is 0.325 e. The first kappa shape index (κ1) is 5.24. The fourth-order valence-electron chi connectivity index (χ4n) is 0.298. The fraction of sp³-hybridized carbons (Fsp3) is 0. The summed E-state index contributed by atoms with van der Waals surface area (Å²) in [4.78, 5) is 19.7. The Morgan fingerprint density at radius 1 is 1.88 bits per heavy atom. The van der Waals surface area contributed by atoms with Crippen molar-refractivity contribution in [3.63, 3.8) is 0 Å². The molecule has 0 fully saturated rings. The Bertz CT molecular complexity index is 236. The largest absolute Gasteiger partial charge is 0.325 e. The first-order chi connectivity index (χ1) is 3.84. The minimum atomic E-state index is -0.347. The lowest BCUT2D eigenvalue weighted by atomic mass is 10.9. The smallest absolute Gasteiger partial charge is 0.262 e. The number of rotatable bonds is 1. The quantitative estimate of drug-likeness (QED) is 0.516. The van der Waals surface area contributed by atoms with Crippen molar-refractivity contribution in [2.24, 2.45) is 0 Å². The molecule has 0 spiro atoms. The lowest BCUT2D eigenvalue weighted by Gasteiger charge is -1.72. The van der Waals surface area contributed by atoms with Crippen molar-refractivity contribution in [1.82, 2.24) is 4.57 Å². The van der Waals surface area contributed by atoms with Crippen molar-refractivity contribution in [3.05, 3.63) is 21.2 Å². The van der Waals surface area contributed by atoms with E-state index in [0.29, 0.717) is 0 Å². The van der Waals surface area contributed by atoms with Crippen LogP contribution in [0.1, 0.15) is 0 Å². The van der Waals surface area contributed by atoms with Crippen LogP contribution in [-0.4, -0.2) is 11.0 Å². The highest BCUT2D eigenvalue weighted by Gasteiger charge is 1.91. The Morgan fingerprint density at radius 3 is 2.88 bits per heavy atom. The third-order valence-electron chi connectivity index (χ3n) is 0.615. The van der Waals surface area contributed by atoms with Crippen molar-refractivity contribution in [1.29, 1.82) is 0 Å². The van der Waals surface area contributed by atoms with Gasteiger partial charge in [0.2, 0.25) is 0 Å². The molecule has 0 N–H and O–H groups in total. The summed E-state index contributed by atoms with van der Waals surface area (Å²) in [5.74, 6) is 0. The molecule has 1 aromatic rings. The van der Waals surface area contributed by atoms with Gasteiger partial charge in [-0.05, 0) is 0 Å². The molecule has 0 aliphatic heterocycles. The van der Waals surface area contributed by atoms with E-state index in [1.807, 2.05) is 0 Å². The maximum atomic E-state index is 10.3. The van der Waals surface area contributed by atoms with E-state index >= 15 is 0 Å². The molecular weight excluding hydrogens is 126 g/mol. The summed E-state index contributed by atoms with van der Waals surface area (Å²) in [6.07, 6.45) is 3.74. The van der Waals surface area contributed by atoms with E-state index in [1.54, 1.807) is 0 Å². The van der Waals surface area contributed by atoms with Crippen molar-refractivity contribution >= 4 is 17.7 Å². The Morgan fingerprint density at radius 2 is 2.62 bits per heavy atom. The average Bonchev–Trinajstić information content (AvgIpc) is 2.14. The zero-order chi connectivity index (χ0) is 5.98. The summed E-state index contributed by atoms with van der Waals surface area (Å²) < 4.78 is 0.741. The van der Waals surface area contributed by atoms with Gasteiger partial charge in [0.15, 0.2) is 0 Å². The van der Waals surface area contributed by atoms with Crippen LogP contribution < -0.4 is 4.87 Å². The fourth-order valence-corrected chi connectivity index (χ4v) is 0.753. The number of hydrogen-bond acceptors (Lipinski definition) is 3. The Hall–Kier alpha value is -0.900. The highest BCUT2D eigenvalue weighted by atomic mass is 32.1. The monoisotopic (exact) mass is 127 g/mol. The molecule has 0 saturated heterocycles. The van der Waals surface area contributed by atoms with Gasteiger partial charge < -0.3 is 0 Å². The molecule has 0 aliphatic carbocycles. The molecule has 1 heterocycles. The average molecular weight is 127 g/mol. The lowest BCUT2D eigenvalue weighted by Crippen LogP contribution is -2.09. The Kier molecular flexibility index (Phi) is 1.26. The van der Waals surface area contributed by atoms with Crippen LogP contribution >= 0.6 is 11.3 Å². The zero-order valence-electron chi connectivity index (χ0n) is 3.75. The van der Waals surface area contributed by atoms with Crippen molar-refractivity contribution < 1.29 is 4.79 Å². The van der Waals surface area contributed by atoms with Gasteiger partial charge in [0.25, 0.3) is 0 Å². The second-order valence-corrected chi connectivity index (χ2v) is 1.88. The highest BCUT2D eigenvalue weighted by Crippen LogP contribution is 1.81. The van der Waals surface area contributed by atoms with Crippen LogP contribution in [0.4, 0.5) is 0 Å². The van der Waals surface area contributed by atoms with Crippen molar-refractivity contribution in [3.8, 4) is 0 Å². The Balaban J connectivity index is 3.30. The van der Waals surface area contributed by atoms with Gasteiger partial charge in [-0.15, -0.1) is 0 Å². The molecule has 3 nitrogen and oxygen atoms in total.